The minimum atomic E-state index is -0.444. The Morgan fingerprint density at radius 3 is 2.53 bits per heavy atom. The molecule has 0 bridgehead atoms. The summed E-state index contributed by atoms with van der Waals surface area (Å²) < 4.78 is 26.7. The number of para-hydroxylation sites is 1. The minimum absolute atomic E-state index is 0.251. The molecule has 0 aliphatic heterocycles. The van der Waals surface area contributed by atoms with Crippen LogP contribution >= 0.6 is 0 Å². The second-order valence-electron chi connectivity index (χ2n) is 3.89. The van der Waals surface area contributed by atoms with Crippen LogP contribution in [-0.4, -0.2) is 4.98 Å². The van der Waals surface area contributed by atoms with Gasteiger partial charge in [-0.15, -0.1) is 0 Å². The van der Waals surface area contributed by atoms with Gasteiger partial charge in [-0.05, 0) is 30.3 Å². The van der Waals surface area contributed by atoms with Crippen molar-refractivity contribution in [1.29, 1.82) is 0 Å². The Morgan fingerprint density at radius 1 is 0.882 bits per heavy atom. The molecule has 0 aliphatic rings. The Balaban J connectivity index is 2.23. The van der Waals surface area contributed by atoms with Crippen molar-refractivity contribution in [1.82, 2.24) is 4.98 Å². The second kappa shape index (κ2) is 3.70. The lowest BCUT2D eigenvalue weighted by Crippen LogP contribution is -1.85. The average Bonchev–Trinajstić information content (AvgIpc) is 2.75. The first-order chi connectivity index (χ1) is 8.24. The van der Waals surface area contributed by atoms with Gasteiger partial charge in [0.05, 0.1) is 0 Å². The van der Waals surface area contributed by atoms with Gasteiger partial charge in [0.25, 0.3) is 0 Å². The van der Waals surface area contributed by atoms with E-state index in [9.17, 15) is 8.78 Å². The second-order valence-corrected chi connectivity index (χ2v) is 3.89. The van der Waals surface area contributed by atoms with E-state index in [1.54, 1.807) is 0 Å². The van der Waals surface area contributed by atoms with Crippen molar-refractivity contribution in [2.24, 2.45) is 0 Å². The van der Waals surface area contributed by atoms with Crippen LogP contribution in [0.5, 0.6) is 0 Å². The van der Waals surface area contributed by atoms with E-state index in [-0.39, 0.29) is 5.56 Å². The molecule has 0 saturated carbocycles. The maximum Gasteiger partial charge on any atom is 0.132 e. The highest BCUT2D eigenvalue weighted by molar-refractivity contribution is 5.85. The van der Waals surface area contributed by atoms with Crippen LogP contribution in [0.1, 0.15) is 0 Å². The van der Waals surface area contributed by atoms with Crippen LogP contribution in [0.15, 0.2) is 48.5 Å². The molecule has 3 heteroatoms. The number of benzene rings is 2. The molecule has 1 heterocycles. The summed E-state index contributed by atoms with van der Waals surface area (Å²) in [4.78, 5) is 3.07. The van der Waals surface area contributed by atoms with Gasteiger partial charge in [-0.1, -0.05) is 18.2 Å². The van der Waals surface area contributed by atoms with Gasteiger partial charge in [-0.3, -0.25) is 0 Å². The molecular weight excluding hydrogens is 220 g/mol. The van der Waals surface area contributed by atoms with E-state index in [4.69, 9.17) is 0 Å². The van der Waals surface area contributed by atoms with E-state index < -0.39 is 11.6 Å². The average molecular weight is 229 g/mol. The normalized spacial score (nSPS) is 10.9. The van der Waals surface area contributed by atoms with Gasteiger partial charge >= 0.3 is 0 Å². The third-order valence-electron chi connectivity index (χ3n) is 2.75. The zero-order valence-electron chi connectivity index (χ0n) is 8.87. The molecule has 1 N–H and O–H groups in total. The van der Waals surface area contributed by atoms with Crippen molar-refractivity contribution >= 4 is 10.9 Å². The molecule has 1 nitrogen and oxygen atoms in total. The lowest BCUT2D eigenvalue weighted by atomic mass is 10.1. The molecule has 84 valence electrons. The quantitative estimate of drug-likeness (QED) is 0.646. The Bertz CT molecular complexity index is 653. The summed E-state index contributed by atoms with van der Waals surface area (Å²) in [6, 6.07) is 12.9. The van der Waals surface area contributed by atoms with Crippen LogP contribution in [0.2, 0.25) is 0 Å². The molecule has 0 fully saturated rings. The number of halogens is 2. The van der Waals surface area contributed by atoms with Gasteiger partial charge in [-0.2, -0.15) is 0 Å². The summed E-state index contributed by atoms with van der Waals surface area (Å²) in [6.45, 7) is 0. The number of fused-ring (bicyclic) bond motifs is 1. The predicted octanol–water partition coefficient (Wildman–Crippen LogP) is 4.11. The van der Waals surface area contributed by atoms with Crippen molar-refractivity contribution in [3.63, 3.8) is 0 Å². The Labute approximate surface area is 96.7 Å². The summed E-state index contributed by atoms with van der Waals surface area (Å²) in [5, 5.41) is 0.978. The smallest absolute Gasteiger partial charge is 0.132 e. The third-order valence-corrected chi connectivity index (χ3v) is 2.75. The topological polar surface area (TPSA) is 15.8 Å². The highest BCUT2D eigenvalue weighted by atomic mass is 19.1. The predicted molar refractivity (Wildman–Crippen MR) is 63.7 cm³/mol. The lowest BCUT2D eigenvalue weighted by Gasteiger charge is -2.00. The highest BCUT2D eigenvalue weighted by Crippen LogP contribution is 2.26. The lowest BCUT2D eigenvalue weighted by molar-refractivity contribution is 0.603. The fourth-order valence-corrected chi connectivity index (χ4v) is 1.92. The first-order valence-corrected chi connectivity index (χ1v) is 5.27. The molecule has 3 aromatic rings. The summed E-state index contributed by atoms with van der Waals surface area (Å²) >= 11 is 0. The third kappa shape index (κ3) is 1.69. The highest BCUT2D eigenvalue weighted by Gasteiger charge is 2.09. The fraction of sp³-hybridized carbons (Fsp3) is 0. The van der Waals surface area contributed by atoms with Crippen LogP contribution in [0.4, 0.5) is 8.78 Å². The van der Waals surface area contributed by atoms with Crippen LogP contribution in [-0.2, 0) is 0 Å². The molecule has 1 aromatic heterocycles. The van der Waals surface area contributed by atoms with Crippen LogP contribution < -0.4 is 0 Å². The molecule has 0 spiro atoms. The molecule has 2 aromatic carbocycles. The van der Waals surface area contributed by atoms with Crippen molar-refractivity contribution in [2.75, 3.05) is 0 Å². The number of H-pyrrole nitrogens is 1. The van der Waals surface area contributed by atoms with Gasteiger partial charge < -0.3 is 4.98 Å². The van der Waals surface area contributed by atoms with E-state index in [0.717, 1.165) is 23.0 Å². The number of hydrogen-bond donors (Lipinski definition) is 1. The van der Waals surface area contributed by atoms with Crippen molar-refractivity contribution < 1.29 is 8.78 Å². The molecule has 0 radical (unpaired) electrons. The molecule has 3 rings (SSSR count). The number of nitrogens with one attached hydrogen (secondary N) is 1. The molecular formula is C14H9F2N. The Morgan fingerprint density at radius 2 is 1.71 bits per heavy atom. The van der Waals surface area contributed by atoms with Gasteiger partial charge in [0, 0.05) is 22.2 Å². The summed E-state index contributed by atoms with van der Waals surface area (Å²) in [5.74, 6) is -0.877. The molecule has 0 unspecified atom stereocenters. The van der Waals surface area contributed by atoms with Gasteiger partial charge in [-0.25, -0.2) is 8.78 Å². The van der Waals surface area contributed by atoms with Crippen LogP contribution in [0.3, 0.4) is 0 Å². The van der Waals surface area contributed by atoms with Gasteiger partial charge in [0.1, 0.15) is 11.6 Å². The van der Waals surface area contributed by atoms with Crippen LogP contribution in [0, 0.1) is 11.6 Å². The fourth-order valence-electron chi connectivity index (χ4n) is 1.92. The molecule has 0 saturated heterocycles. The first kappa shape index (κ1) is 10.0. The zero-order chi connectivity index (χ0) is 11.8. The van der Waals surface area contributed by atoms with E-state index in [1.807, 2.05) is 30.3 Å². The number of aromatic nitrogens is 1. The Hall–Kier alpha value is -2.16. The maximum atomic E-state index is 13.6. The maximum absolute atomic E-state index is 13.6. The van der Waals surface area contributed by atoms with Crippen molar-refractivity contribution in [2.45, 2.75) is 0 Å². The SMILES string of the molecule is Fc1ccc(F)c(-c2cc3ccccc3[nH]2)c1. The standard InChI is InChI=1S/C14H9F2N/c15-10-5-6-12(16)11(8-10)14-7-9-3-1-2-4-13(9)17-14/h1-8,17H. The van der Waals surface area contributed by atoms with Crippen molar-refractivity contribution in [3.8, 4) is 11.3 Å². The number of aromatic amines is 1. The summed E-state index contributed by atoms with van der Waals surface area (Å²) in [5.41, 5.74) is 1.75. The summed E-state index contributed by atoms with van der Waals surface area (Å²) in [7, 11) is 0. The largest absolute Gasteiger partial charge is 0.354 e. The Kier molecular flexibility index (Phi) is 2.18. The molecule has 0 atom stereocenters. The molecule has 0 amide bonds. The zero-order valence-corrected chi connectivity index (χ0v) is 8.87. The number of rotatable bonds is 1. The van der Waals surface area contributed by atoms with E-state index in [2.05, 4.69) is 4.98 Å². The van der Waals surface area contributed by atoms with E-state index in [1.165, 1.54) is 6.07 Å². The van der Waals surface area contributed by atoms with Gasteiger partial charge in [0.15, 0.2) is 0 Å². The van der Waals surface area contributed by atoms with Gasteiger partial charge in [0.2, 0.25) is 0 Å². The minimum Gasteiger partial charge on any atom is -0.354 e. The van der Waals surface area contributed by atoms with E-state index in [0.29, 0.717) is 5.69 Å². The van der Waals surface area contributed by atoms with Crippen molar-refractivity contribution in [3.05, 3.63) is 60.2 Å². The molecule has 0 aliphatic carbocycles. The number of hydrogen-bond acceptors (Lipinski definition) is 0. The monoisotopic (exact) mass is 229 g/mol. The molecule has 17 heavy (non-hydrogen) atoms. The first-order valence-electron chi connectivity index (χ1n) is 5.27. The van der Waals surface area contributed by atoms with E-state index >= 15 is 0 Å². The summed E-state index contributed by atoms with van der Waals surface area (Å²) in [6.07, 6.45) is 0. The van der Waals surface area contributed by atoms with Crippen LogP contribution in [0.25, 0.3) is 22.2 Å².